The molecule has 2 fully saturated rings. The molecule has 4 heteroatoms. The number of hydrogen-bond donors (Lipinski definition) is 3. The van der Waals surface area contributed by atoms with Gasteiger partial charge in [-0.1, -0.05) is 31.9 Å². The summed E-state index contributed by atoms with van der Waals surface area (Å²) in [6.07, 6.45) is 7.45. The summed E-state index contributed by atoms with van der Waals surface area (Å²) in [5, 5.41) is 16.7. The lowest BCUT2D eigenvalue weighted by atomic mass is 9.86. The van der Waals surface area contributed by atoms with Crippen LogP contribution in [-0.4, -0.2) is 23.1 Å². The van der Waals surface area contributed by atoms with E-state index >= 15 is 0 Å². The van der Waals surface area contributed by atoms with E-state index in [9.17, 15) is 5.11 Å². The Kier molecular flexibility index (Phi) is 4.32. The second kappa shape index (κ2) is 6.37. The molecule has 0 heterocycles. The first-order valence-electron chi connectivity index (χ1n) is 8.12. The molecule has 0 saturated heterocycles. The Morgan fingerprint density at radius 3 is 2.62 bits per heavy atom. The van der Waals surface area contributed by atoms with E-state index in [-0.39, 0.29) is 5.75 Å². The molecule has 1 aromatic carbocycles. The minimum Gasteiger partial charge on any atom is -0.506 e. The predicted molar refractivity (Wildman–Crippen MR) is 86.7 cm³/mol. The third-order valence-electron chi connectivity index (χ3n) is 4.44. The zero-order valence-electron chi connectivity index (χ0n) is 12.7. The summed E-state index contributed by atoms with van der Waals surface area (Å²) in [7, 11) is 0. The second-order valence-corrected chi connectivity index (χ2v) is 6.37. The topological polar surface area (TPSA) is 56.7 Å². The molecular formula is C17H25N3O. The van der Waals surface area contributed by atoms with E-state index in [1.165, 1.54) is 38.5 Å². The molecule has 2 aliphatic carbocycles. The lowest BCUT2D eigenvalue weighted by molar-refractivity contribution is 0.332. The van der Waals surface area contributed by atoms with Crippen LogP contribution in [0.1, 0.15) is 45.4 Å². The van der Waals surface area contributed by atoms with Gasteiger partial charge in [0.15, 0.2) is 5.96 Å². The molecule has 0 spiro atoms. The molecule has 0 bridgehead atoms. The summed E-state index contributed by atoms with van der Waals surface area (Å²) < 4.78 is 0. The van der Waals surface area contributed by atoms with Crippen molar-refractivity contribution < 1.29 is 5.11 Å². The molecule has 3 N–H and O–H groups in total. The number of phenols is 1. The summed E-state index contributed by atoms with van der Waals surface area (Å²) in [5.74, 6) is 1.72. The van der Waals surface area contributed by atoms with Gasteiger partial charge in [-0.05, 0) is 43.7 Å². The first-order valence-corrected chi connectivity index (χ1v) is 8.12. The summed E-state index contributed by atoms with van der Waals surface area (Å²) in [6.45, 7) is 2.29. The van der Waals surface area contributed by atoms with Crippen molar-refractivity contribution >= 4 is 11.6 Å². The molecule has 114 valence electrons. The molecule has 2 aliphatic rings. The van der Waals surface area contributed by atoms with Crippen LogP contribution in [0.2, 0.25) is 0 Å². The lowest BCUT2D eigenvalue weighted by Gasteiger charge is -2.26. The number of nitrogens with one attached hydrogen (secondary N) is 2. The van der Waals surface area contributed by atoms with Crippen LogP contribution >= 0.6 is 0 Å². The van der Waals surface area contributed by atoms with Crippen molar-refractivity contribution in [1.29, 1.82) is 0 Å². The van der Waals surface area contributed by atoms with Gasteiger partial charge in [0.2, 0.25) is 0 Å². The maximum Gasteiger partial charge on any atom is 0.196 e. The highest BCUT2D eigenvalue weighted by Gasteiger charge is 2.25. The quantitative estimate of drug-likeness (QED) is 0.453. The molecule has 21 heavy (non-hydrogen) atoms. The smallest absolute Gasteiger partial charge is 0.196 e. The normalized spacial score (nSPS) is 26.4. The van der Waals surface area contributed by atoms with Crippen molar-refractivity contribution in [2.24, 2.45) is 10.9 Å². The fourth-order valence-electron chi connectivity index (χ4n) is 2.89. The Hall–Kier alpha value is -1.71. The highest BCUT2D eigenvalue weighted by molar-refractivity contribution is 5.95. The van der Waals surface area contributed by atoms with Gasteiger partial charge in [0.05, 0.1) is 11.7 Å². The Morgan fingerprint density at radius 1 is 1.14 bits per heavy atom. The van der Waals surface area contributed by atoms with E-state index < -0.39 is 0 Å². The van der Waals surface area contributed by atoms with Crippen molar-refractivity contribution in [2.75, 3.05) is 5.32 Å². The minimum absolute atomic E-state index is 0.263. The summed E-state index contributed by atoms with van der Waals surface area (Å²) in [4.78, 5) is 4.92. The Morgan fingerprint density at radius 2 is 1.90 bits per heavy atom. The largest absolute Gasteiger partial charge is 0.506 e. The number of guanidine groups is 1. The molecule has 0 radical (unpaired) electrons. The van der Waals surface area contributed by atoms with Crippen LogP contribution in [0.3, 0.4) is 0 Å². The fourth-order valence-corrected chi connectivity index (χ4v) is 2.89. The van der Waals surface area contributed by atoms with E-state index in [1.807, 2.05) is 18.2 Å². The lowest BCUT2D eigenvalue weighted by Crippen LogP contribution is -2.35. The highest BCUT2D eigenvalue weighted by Crippen LogP contribution is 2.28. The van der Waals surface area contributed by atoms with Gasteiger partial charge in [-0.2, -0.15) is 0 Å². The number of nitrogens with zero attached hydrogens (tertiary/aromatic N) is 1. The van der Waals surface area contributed by atoms with Gasteiger partial charge >= 0.3 is 0 Å². The summed E-state index contributed by atoms with van der Waals surface area (Å²) >= 11 is 0. The zero-order chi connectivity index (χ0) is 14.7. The monoisotopic (exact) mass is 287 g/mol. The number of rotatable bonds is 3. The van der Waals surface area contributed by atoms with Gasteiger partial charge in [-0.25, -0.2) is 4.99 Å². The van der Waals surface area contributed by atoms with Crippen LogP contribution < -0.4 is 10.6 Å². The van der Waals surface area contributed by atoms with E-state index in [4.69, 9.17) is 4.99 Å². The van der Waals surface area contributed by atoms with Crippen molar-refractivity contribution in [3.8, 4) is 5.75 Å². The number of para-hydroxylation sites is 2. The van der Waals surface area contributed by atoms with Crippen molar-refractivity contribution in [3.05, 3.63) is 24.3 Å². The molecule has 0 aromatic heterocycles. The first kappa shape index (κ1) is 14.2. The molecule has 0 aliphatic heterocycles. The van der Waals surface area contributed by atoms with Gasteiger partial charge in [-0.3, -0.25) is 0 Å². The van der Waals surface area contributed by atoms with Crippen LogP contribution in [0, 0.1) is 5.92 Å². The molecule has 1 aromatic rings. The van der Waals surface area contributed by atoms with Crippen molar-refractivity contribution in [3.63, 3.8) is 0 Å². The van der Waals surface area contributed by atoms with Gasteiger partial charge in [0.1, 0.15) is 5.75 Å². The third kappa shape index (κ3) is 3.90. The molecule has 2 atom stereocenters. The number of benzene rings is 1. The minimum atomic E-state index is 0.263. The van der Waals surface area contributed by atoms with Crippen molar-refractivity contribution in [1.82, 2.24) is 5.32 Å². The first-order chi connectivity index (χ1) is 10.2. The number of hydrogen-bond acceptors (Lipinski definition) is 2. The second-order valence-electron chi connectivity index (χ2n) is 6.37. The average molecular weight is 287 g/mol. The van der Waals surface area contributed by atoms with E-state index in [0.29, 0.717) is 23.7 Å². The van der Waals surface area contributed by atoms with Gasteiger partial charge < -0.3 is 15.7 Å². The Bertz CT molecular complexity index is 511. The van der Waals surface area contributed by atoms with Crippen LogP contribution in [0.15, 0.2) is 29.3 Å². The zero-order valence-corrected chi connectivity index (χ0v) is 12.7. The fraction of sp³-hybridized carbons (Fsp3) is 0.588. The van der Waals surface area contributed by atoms with Gasteiger partial charge in [0, 0.05) is 6.04 Å². The maximum atomic E-state index is 9.92. The van der Waals surface area contributed by atoms with Gasteiger partial charge in [0.25, 0.3) is 0 Å². The highest BCUT2D eigenvalue weighted by atomic mass is 16.3. The third-order valence-corrected chi connectivity index (χ3v) is 4.44. The maximum absolute atomic E-state index is 9.92. The number of phenolic OH excluding ortho intramolecular Hbond substituents is 1. The van der Waals surface area contributed by atoms with E-state index in [1.54, 1.807) is 6.07 Å². The summed E-state index contributed by atoms with van der Waals surface area (Å²) in [6, 6.07) is 8.25. The molecular weight excluding hydrogens is 262 g/mol. The average Bonchev–Trinajstić information content (AvgIpc) is 3.28. The number of aromatic hydroxyl groups is 1. The van der Waals surface area contributed by atoms with Gasteiger partial charge in [-0.15, -0.1) is 0 Å². The van der Waals surface area contributed by atoms with Crippen LogP contribution in [0.25, 0.3) is 0 Å². The van der Waals surface area contributed by atoms with Crippen LogP contribution in [0.4, 0.5) is 5.69 Å². The molecule has 3 rings (SSSR count). The number of anilines is 1. The van der Waals surface area contributed by atoms with Crippen molar-refractivity contribution in [2.45, 2.75) is 57.5 Å². The SMILES string of the molecule is CC1CCCCC1N=C(Nc1ccccc1O)NC1CC1. The standard InChI is InChI=1S/C17H25N3O/c1-12-6-2-3-7-14(12)19-17(18-13-10-11-13)20-15-8-4-5-9-16(15)21/h4-5,8-9,12-14,21H,2-3,6-7,10-11H2,1H3,(H2,18,19,20). The van der Waals surface area contributed by atoms with E-state index in [2.05, 4.69) is 17.6 Å². The Labute approximate surface area is 126 Å². The molecule has 2 unspecified atom stereocenters. The molecule has 2 saturated carbocycles. The van der Waals surface area contributed by atoms with Crippen LogP contribution in [-0.2, 0) is 0 Å². The predicted octanol–water partition coefficient (Wildman–Crippen LogP) is 3.49. The summed E-state index contributed by atoms with van der Waals surface area (Å²) in [5.41, 5.74) is 0.716. The van der Waals surface area contributed by atoms with Crippen LogP contribution in [0.5, 0.6) is 5.75 Å². The molecule has 4 nitrogen and oxygen atoms in total. The molecule has 0 amide bonds. The number of aliphatic imine (C=N–C) groups is 1. The van der Waals surface area contributed by atoms with E-state index in [0.717, 1.165) is 5.96 Å². The Balaban J connectivity index is 1.75.